The topological polar surface area (TPSA) is 103 Å². The minimum atomic E-state index is -0.632. The molecule has 0 radical (unpaired) electrons. The van der Waals surface area contributed by atoms with E-state index >= 15 is 0 Å². The summed E-state index contributed by atoms with van der Waals surface area (Å²) in [6, 6.07) is 7.08. The molecular formula is C26H34N2O7. The average molecular weight is 487 g/mol. The fraction of sp³-hybridized carbons (Fsp3) is 0.615. The van der Waals surface area contributed by atoms with Crippen LogP contribution in [0.15, 0.2) is 35.1 Å². The number of piperidine rings is 1. The number of benzene rings is 1. The second kappa shape index (κ2) is 11.1. The predicted molar refractivity (Wildman–Crippen MR) is 126 cm³/mol. The zero-order valence-electron chi connectivity index (χ0n) is 20.0. The third kappa shape index (κ3) is 6.22. The van der Waals surface area contributed by atoms with Crippen molar-refractivity contribution >= 4 is 5.78 Å². The highest BCUT2D eigenvalue weighted by Gasteiger charge is 2.33. The lowest BCUT2D eigenvalue weighted by Gasteiger charge is -2.39. The minimum absolute atomic E-state index is 0.0631. The Morgan fingerprint density at radius 2 is 1.86 bits per heavy atom. The summed E-state index contributed by atoms with van der Waals surface area (Å²) in [4.78, 5) is 15.4. The molecule has 3 fully saturated rings. The Labute approximate surface area is 205 Å². The van der Waals surface area contributed by atoms with Gasteiger partial charge in [0.1, 0.15) is 23.7 Å². The molecule has 0 spiro atoms. The van der Waals surface area contributed by atoms with Crippen LogP contribution in [0, 0.1) is 5.92 Å². The van der Waals surface area contributed by atoms with Crippen LogP contribution < -0.4 is 9.47 Å². The van der Waals surface area contributed by atoms with Gasteiger partial charge in [0.2, 0.25) is 5.78 Å². The Bertz CT molecular complexity index is 956. The van der Waals surface area contributed by atoms with Crippen LogP contribution in [0.5, 0.6) is 11.6 Å². The molecule has 35 heavy (non-hydrogen) atoms. The average Bonchev–Trinajstić information content (AvgIpc) is 3.56. The molecule has 1 atom stereocenters. The van der Waals surface area contributed by atoms with Crippen molar-refractivity contribution in [2.75, 3.05) is 52.7 Å². The number of ketones is 1. The molecule has 0 aliphatic carbocycles. The number of aromatic nitrogens is 1. The molecule has 2 aromatic rings. The van der Waals surface area contributed by atoms with Crippen LogP contribution in [-0.4, -0.2) is 85.3 Å². The van der Waals surface area contributed by atoms with E-state index in [4.69, 9.17) is 23.5 Å². The van der Waals surface area contributed by atoms with Gasteiger partial charge >= 0.3 is 0 Å². The first-order valence-corrected chi connectivity index (χ1v) is 12.6. The molecule has 0 amide bonds. The van der Waals surface area contributed by atoms with E-state index in [1.54, 1.807) is 24.3 Å². The van der Waals surface area contributed by atoms with Crippen LogP contribution in [0.25, 0.3) is 0 Å². The third-order valence-electron chi connectivity index (χ3n) is 7.19. The number of ether oxygens (including phenoxy) is 4. The van der Waals surface area contributed by atoms with Crippen molar-refractivity contribution in [1.82, 2.24) is 10.1 Å². The smallest absolute Gasteiger partial charge is 0.265 e. The summed E-state index contributed by atoms with van der Waals surface area (Å²) in [6.07, 6.45) is 5.62. The number of rotatable bonds is 9. The van der Waals surface area contributed by atoms with Gasteiger partial charge in [0.15, 0.2) is 0 Å². The molecule has 190 valence electrons. The summed E-state index contributed by atoms with van der Waals surface area (Å²) in [6.45, 7) is 5.60. The summed E-state index contributed by atoms with van der Waals surface area (Å²) in [5.74, 6) is 1.12. The Morgan fingerprint density at radius 1 is 1.09 bits per heavy atom. The molecule has 1 unspecified atom stereocenters. The fourth-order valence-electron chi connectivity index (χ4n) is 4.95. The standard InChI is InChI=1S/C26H34N2O7/c29-24(20-1-3-21(4-2-20)35-22-7-12-32-16-22)23-17-34-27-25(23)33-15-19-5-10-28(11-6-19)18-26(30)8-13-31-14-9-26/h1-4,17,19,22,30H,5-16,18H2. The maximum atomic E-state index is 13.0. The van der Waals surface area contributed by atoms with Crippen LogP contribution in [-0.2, 0) is 9.47 Å². The number of β-amino-alcohol motifs (C(OH)–C–C–N with tert-alkyl or cyclic N) is 1. The fourth-order valence-corrected chi connectivity index (χ4v) is 4.95. The number of nitrogens with zero attached hydrogens (tertiary/aromatic N) is 2. The van der Waals surface area contributed by atoms with Gasteiger partial charge in [-0.05, 0) is 61.3 Å². The number of aliphatic hydroxyl groups is 1. The predicted octanol–water partition coefficient (Wildman–Crippen LogP) is 2.71. The van der Waals surface area contributed by atoms with Crippen molar-refractivity contribution in [2.24, 2.45) is 5.92 Å². The normalized spacial score (nSPS) is 23.3. The highest BCUT2D eigenvalue weighted by atomic mass is 16.5. The number of hydrogen-bond donors (Lipinski definition) is 1. The first-order valence-electron chi connectivity index (χ1n) is 12.6. The third-order valence-corrected chi connectivity index (χ3v) is 7.19. The Hall–Kier alpha value is -2.46. The minimum Gasteiger partial charge on any atom is -0.488 e. The highest BCUT2D eigenvalue weighted by molar-refractivity contribution is 6.10. The zero-order valence-corrected chi connectivity index (χ0v) is 20.0. The van der Waals surface area contributed by atoms with Crippen molar-refractivity contribution in [3.63, 3.8) is 0 Å². The second-order valence-electron chi connectivity index (χ2n) is 9.86. The monoisotopic (exact) mass is 486 g/mol. The maximum absolute atomic E-state index is 13.0. The number of likely N-dealkylation sites (tertiary alicyclic amines) is 1. The molecule has 3 saturated heterocycles. The van der Waals surface area contributed by atoms with Crippen LogP contribution in [0.4, 0.5) is 0 Å². The summed E-state index contributed by atoms with van der Waals surface area (Å²) in [5.41, 5.74) is 0.210. The van der Waals surface area contributed by atoms with Gasteiger partial charge in [0, 0.05) is 44.6 Å². The van der Waals surface area contributed by atoms with Crippen molar-refractivity contribution in [2.45, 2.75) is 43.8 Å². The first-order chi connectivity index (χ1) is 17.1. The number of hydrogen-bond acceptors (Lipinski definition) is 9. The van der Waals surface area contributed by atoms with Gasteiger partial charge in [-0.3, -0.25) is 4.79 Å². The van der Waals surface area contributed by atoms with Crippen LogP contribution in [0.2, 0.25) is 0 Å². The first kappa shape index (κ1) is 24.2. The van der Waals surface area contributed by atoms with Crippen LogP contribution in [0.3, 0.4) is 0 Å². The molecule has 3 aliphatic heterocycles. The van der Waals surface area contributed by atoms with Crippen LogP contribution in [0.1, 0.15) is 48.0 Å². The van der Waals surface area contributed by atoms with Crippen molar-refractivity contribution in [3.8, 4) is 11.6 Å². The van der Waals surface area contributed by atoms with E-state index in [-0.39, 0.29) is 17.8 Å². The molecule has 1 aromatic heterocycles. The molecule has 9 heteroatoms. The largest absolute Gasteiger partial charge is 0.488 e. The summed E-state index contributed by atoms with van der Waals surface area (Å²) in [5, 5.41) is 14.7. The van der Waals surface area contributed by atoms with Crippen molar-refractivity contribution in [3.05, 3.63) is 41.7 Å². The van der Waals surface area contributed by atoms with E-state index in [1.807, 2.05) is 0 Å². The zero-order chi connectivity index (χ0) is 24.1. The van der Waals surface area contributed by atoms with Gasteiger partial charge in [0.05, 0.1) is 25.4 Å². The van der Waals surface area contributed by atoms with Gasteiger partial charge in [-0.1, -0.05) is 0 Å². The molecule has 4 heterocycles. The van der Waals surface area contributed by atoms with Gasteiger partial charge in [-0.15, -0.1) is 0 Å². The van der Waals surface area contributed by atoms with Crippen molar-refractivity contribution in [1.29, 1.82) is 0 Å². The van der Waals surface area contributed by atoms with Gasteiger partial charge < -0.3 is 33.5 Å². The van der Waals surface area contributed by atoms with E-state index in [0.717, 1.165) is 39.0 Å². The SMILES string of the molecule is O=C(c1ccc(OC2CCOC2)cc1)c1conc1OCC1CCN(CC2(O)CCOCC2)CC1. The van der Waals surface area contributed by atoms with Gasteiger partial charge in [-0.25, -0.2) is 0 Å². The molecule has 1 aromatic carbocycles. The van der Waals surface area contributed by atoms with Crippen LogP contribution >= 0.6 is 0 Å². The summed E-state index contributed by atoms with van der Waals surface area (Å²) >= 11 is 0. The number of carbonyl (C=O) groups excluding carboxylic acids is 1. The Balaban J connectivity index is 1.10. The molecule has 9 nitrogen and oxygen atoms in total. The van der Waals surface area contributed by atoms with Gasteiger partial charge in [-0.2, -0.15) is 0 Å². The van der Waals surface area contributed by atoms with E-state index in [0.29, 0.717) is 68.6 Å². The molecule has 5 rings (SSSR count). The lowest BCUT2D eigenvalue weighted by atomic mass is 9.91. The van der Waals surface area contributed by atoms with E-state index in [2.05, 4.69) is 10.1 Å². The Morgan fingerprint density at radius 3 is 2.57 bits per heavy atom. The Kier molecular flexibility index (Phi) is 7.67. The second-order valence-corrected chi connectivity index (χ2v) is 9.86. The van der Waals surface area contributed by atoms with Crippen molar-refractivity contribution < 1.29 is 33.4 Å². The van der Waals surface area contributed by atoms with E-state index in [1.165, 1.54) is 6.26 Å². The molecule has 1 N–H and O–H groups in total. The molecular weight excluding hydrogens is 452 g/mol. The summed E-state index contributed by atoms with van der Waals surface area (Å²) in [7, 11) is 0. The van der Waals surface area contributed by atoms with Gasteiger partial charge in [0.25, 0.3) is 5.88 Å². The highest BCUT2D eigenvalue weighted by Crippen LogP contribution is 2.27. The summed E-state index contributed by atoms with van der Waals surface area (Å²) < 4.78 is 27.6. The number of carbonyl (C=O) groups is 1. The molecule has 3 aliphatic rings. The van der Waals surface area contributed by atoms with E-state index in [9.17, 15) is 9.90 Å². The molecule has 0 saturated carbocycles. The maximum Gasteiger partial charge on any atom is 0.265 e. The van der Waals surface area contributed by atoms with E-state index < -0.39 is 5.60 Å². The lowest BCUT2D eigenvalue weighted by molar-refractivity contribution is -0.0834. The lowest BCUT2D eigenvalue weighted by Crippen LogP contribution is -2.49. The molecule has 0 bridgehead atoms. The quantitative estimate of drug-likeness (QED) is 0.536.